The number of benzene rings is 1. The van der Waals surface area contributed by atoms with E-state index in [1.165, 1.54) is 63.5 Å². The molecule has 0 atom stereocenters. The molecule has 24 heavy (non-hydrogen) atoms. The molecule has 0 bridgehead atoms. The van der Waals surface area contributed by atoms with Crippen LogP contribution in [0.15, 0.2) is 18.2 Å². The largest absolute Gasteiger partial charge is 0.493 e. The van der Waals surface area contributed by atoms with Gasteiger partial charge < -0.3 is 14.4 Å². The maximum atomic E-state index is 5.37. The summed E-state index contributed by atoms with van der Waals surface area (Å²) in [6, 6.07) is 6.21. The first-order chi connectivity index (χ1) is 11.7. The van der Waals surface area contributed by atoms with E-state index < -0.39 is 0 Å². The smallest absolute Gasteiger partial charge is 0.160 e. The van der Waals surface area contributed by atoms with Crippen LogP contribution in [-0.4, -0.2) is 39.3 Å². The second-order valence-corrected chi connectivity index (χ2v) is 6.72. The Labute approximate surface area is 149 Å². The standard InChI is InChI=1S/C21H37NO2/c1-5-6-7-8-9-10-11-12-16-22(2)17-15-19-13-14-20(23-3)21(18-19)24-4/h13-14,18H,5-12,15-17H2,1-4H3. The Morgan fingerprint density at radius 1 is 0.792 bits per heavy atom. The number of nitrogens with zero attached hydrogens (tertiary/aromatic N) is 1. The first-order valence-corrected chi connectivity index (χ1v) is 9.60. The van der Waals surface area contributed by atoms with Crippen LogP contribution in [0.5, 0.6) is 11.5 Å². The van der Waals surface area contributed by atoms with Crippen molar-refractivity contribution in [3.05, 3.63) is 23.8 Å². The van der Waals surface area contributed by atoms with Crippen molar-refractivity contribution in [2.45, 2.75) is 64.7 Å². The number of methoxy groups -OCH3 is 2. The minimum absolute atomic E-state index is 0.800. The molecule has 0 aliphatic rings. The zero-order valence-electron chi connectivity index (χ0n) is 16.3. The van der Waals surface area contributed by atoms with E-state index in [0.717, 1.165) is 24.5 Å². The van der Waals surface area contributed by atoms with Gasteiger partial charge in [0, 0.05) is 6.54 Å². The molecule has 0 saturated heterocycles. The molecule has 0 N–H and O–H groups in total. The van der Waals surface area contributed by atoms with Crippen molar-refractivity contribution in [1.29, 1.82) is 0 Å². The molecule has 0 aliphatic carbocycles. The van der Waals surface area contributed by atoms with Gasteiger partial charge in [-0.3, -0.25) is 0 Å². The fraction of sp³-hybridized carbons (Fsp3) is 0.714. The Hall–Kier alpha value is -1.22. The van der Waals surface area contributed by atoms with Gasteiger partial charge in [-0.1, -0.05) is 57.9 Å². The Kier molecular flexibility index (Phi) is 11.4. The fourth-order valence-corrected chi connectivity index (χ4v) is 2.98. The Morgan fingerprint density at radius 2 is 1.42 bits per heavy atom. The van der Waals surface area contributed by atoms with Crippen molar-refractivity contribution in [2.75, 3.05) is 34.4 Å². The van der Waals surface area contributed by atoms with E-state index in [1.807, 2.05) is 6.07 Å². The van der Waals surface area contributed by atoms with Gasteiger partial charge in [0.2, 0.25) is 0 Å². The molecule has 3 nitrogen and oxygen atoms in total. The van der Waals surface area contributed by atoms with E-state index in [4.69, 9.17) is 9.47 Å². The van der Waals surface area contributed by atoms with Crippen molar-refractivity contribution < 1.29 is 9.47 Å². The predicted octanol–water partition coefficient (Wildman–Crippen LogP) is 5.32. The molecule has 0 aromatic heterocycles. The highest BCUT2D eigenvalue weighted by atomic mass is 16.5. The molecule has 1 aromatic carbocycles. The summed E-state index contributed by atoms with van der Waals surface area (Å²) in [6.45, 7) is 4.56. The SMILES string of the molecule is CCCCCCCCCCN(C)CCc1ccc(OC)c(OC)c1. The predicted molar refractivity (Wildman–Crippen MR) is 103 cm³/mol. The van der Waals surface area contributed by atoms with E-state index in [9.17, 15) is 0 Å². The second-order valence-electron chi connectivity index (χ2n) is 6.72. The van der Waals surface area contributed by atoms with Crippen molar-refractivity contribution in [3.8, 4) is 11.5 Å². The van der Waals surface area contributed by atoms with Crippen LogP contribution in [0.1, 0.15) is 63.9 Å². The lowest BCUT2D eigenvalue weighted by Gasteiger charge is -2.17. The number of likely N-dealkylation sites (N-methyl/N-ethyl adjacent to an activating group) is 1. The average molecular weight is 336 g/mol. The van der Waals surface area contributed by atoms with Crippen LogP contribution in [0.3, 0.4) is 0 Å². The number of unbranched alkanes of at least 4 members (excludes halogenated alkanes) is 7. The molecule has 0 aliphatic heterocycles. The lowest BCUT2D eigenvalue weighted by atomic mass is 10.1. The van der Waals surface area contributed by atoms with Crippen LogP contribution in [0.2, 0.25) is 0 Å². The van der Waals surface area contributed by atoms with Crippen LogP contribution in [-0.2, 0) is 6.42 Å². The van der Waals surface area contributed by atoms with E-state index in [2.05, 4.69) is 31.0 Å². The van der Waals surface area contributed by atoms with E-state index in [0.29, 0.717) is 0 Å². The lowest BCUT2D eigenvalue weighted by Crippen LogP contribution is -2.22. The zero-order chi connectivity index (χ0) is 17.6. The molecular weight excluding hydrogens is 298 g/mol. The molecule has 0 radical (unpaired) electrons. The lowest BCUT2D eigenvalue weighted by molar-refractivity contribution is 0.326. The second kappa shape index (κ2) is 13.1. The molecule has 0 unspecified atom stereocenters. The van der Waals surface area contributed by atoms with Crippen molar-refractivity contribution in [2.24, 2.45) is 0 Å². The minimum Gasteiger partial charge on any atom is -0.493 e. The summed E-state index contributed by atoms with van der Waals surface area (Å²) < 4.78 is 10.7. The van der Waals surface area contributed by atoms with Gasteiger partial charge in [0.1, 0.15) is 0 Å². The summed E-state index contributed by atoms with van der Waals surface area (Å²) >= 11 is 0. The van der Waals surface area contributed by atoms with Gasteiger partial charge in [-0.2, -0.15) is 0 Å². The number of hydrogen-bond donors (Lipinski definition) is 0. The van der Waals surface area contributed by atoms with E-state index in [1.54, 1.807) is 14.2 Å². The summed E-state index contributed by atoms with van der Waals surface area (Å²) in [6.07, 6.45) is 12.1. The highest BCUT2D eigenvalue weighted by Crippen LogP contribution is 2.27. The average Bonchev–Trinajstić information content (AvgIpc) is 2.61. The molecule has 3 heteroatoms. The molecule has 1 aromatic rings. The Balaban J connectivity index is 2.14. The van der Waals surface area contributed by atoms with Crippen molar-refractivity contribution in [1.82, 2.24) is 4.90 Å². The van der Waals surface area contributed by atoms with Gasteiger partial charge >= 0.3 is 0 Å². The van der Waals surface area contributed by atoms with Crippen LogP contribution >= 0.6 is 0 Å². The van der Waals surface area contributed by atoms with E-state index >= 15 is 0 Å². The first-order valence-electron chi connectivity index (χ1n) is 9.60. The highest BCUT2D eigenvalue weighted by Gasteiger charge is 2.05. The summed E-state index contributed by atoms with van der Waals surface area (Å²) in [4.78, 5) is 2.44. The maximum Gasteiger partial charge on any atom is 0.160 e. The maximum absolute atomic E-state index is 5.37. The summed E-state index contributed by atoms with van der Waals surface area (Å²) in [5.41, 5.74) is 1.30. The van der Waals surface area contributed by atoms with E-state index in [-0.39, 0.29) is 0 Å². The summed E-state index contributed by atoms with van der Waals surface area (Å²) in [7, 11) is 5.59. The molecule has 1 rings (SSSR count). The van der Waals surface area contributed by atoms with Gasteiger partial charge in [-0.25, -0.2) is 0 Å². The topological polar surface area (TPSA) is 21.7 Å². The zero-order valence-corrected chi connectivity index (χ0v) is 16.3. The molecule has 0 fully saturated rings. The quantitative estimate of drug-likeness (QED) is 0.430. The van der Waals surface area contributed by atoms with Crippen LogP contribution in [0, 0.1) is 0 Å². The van der Waals surface area contributed by atoms with Gasteiger partial charge in [-0.05, 0) is 44.1 Å². The molecule has 138 valence electrons. The molecule has 0 amide bonds. The molecule has 0 spiro atoms. The molecule has 0 heterocycles. The Bertz CT molecular complexity index is 434. The molecular formula is C21H37NO2. The number of rotatable bonds is 14. The third-order valence-electron chi connectivity index (χ3n) is 4.62. The first kappa shape index (κ1) is 20.8. The van der Waals surface area contributed by atoms with Crippen molar-refractivity contribution in [3.63, 3.8) is 0 Å². The monoisotopic (exact) mass is 335 g/mol. The third-order valence-corrected chi connectivity index (χ3v) is 4.62. The van der Waals surface area contributed by atoms with Gasteiger partial charge in [-0.15, -0.1) is 0 Å². The fourth-order valence-electron chi connectivity index (χ4n) is 2.98. The highest BCUT2D eigenvalue weighted by molar-refractivity contribution is 5.42. The third kappa shape index (κ3) is 8.58. The van der Waals surface area contributed by atoms with Gasteiger partial charge in [0.15, 0.2) is 11.5 Å². The summed E-state index contributed by atoms with van der Waals surface area (Å²) in [5.74, 6) is 1.62. The van der Waals surface area contributed by atoms with Crippen LogP contribution < -0.4 is 9.47 Å². The van der Waals surface area contributed by atoms with Crippen LogP contribution in [0.4, 0.5) is 0 Å². The number of ether oxygens (including phenoxy) is 2. The number of hydrogen-bond acceptors (Lipinski definition) is 3. The Morgan fingerprint density at radius 3 is 2.04 bits per heavy atom. The molecule has 0 saturated carbocycles. The normalized spacial score (nSPS) is 11.0. The summed E-state index contributed by atoms with van der Waals surface area (Å²) in [5, 5.41) is 0. The van der Waals surface area contributed by atoms with Gasteiger partial charge in [0.25, 0.3) is 0 Å². The van der Waals surface area contributed by atoms with Crippen molar-refractivity contribution >= 4 is 0 Å². The van der Waals surface area contributed by atoms with Gasteiger partial charge in [0.05, 0.1) is 14.2 Å². The van der Waals surface area contributed by atoms with Crippen LogP contribution in [0.25, 0.3) is 0 Å². The minimum atomic E-state index is 0.800.